The number of rotatable bonds is 3. The molecule has 4 rings (SSSR count). The van der Waals surface area contributed by atoms with Gasteiger partial charge in [-0.1, -0.05) is 24.3 Å². The Labute approximate surface area is 195 Å². The average molecular weight is 581 g/mol. The molecule has 0 amide bonds. The van der Waals surface area contributed by atoms with Crippen molar-refractivity contribution in [1.29, 1.82) is 0 Å². The summed E-state index contributed by atoms with van der Waals surface area (Å²) < 4.78 is 1.99. The summed E-state index contributed by atoms with van der Waals surface area (Å²) in [4.78, 5) is 7.25. The van der Waals surface area contributed by atoms with Crippen LogP contribution in [0.15, 0.2) is 54.6 Å². The van der Waals surface area contributed by atoms with Crippen LogP contribution < -0.4 is 0 Å². The van der Waals surface area contributed by atoms with Crippen LogP contribution in [-0.4, -0.2) is 14.8 Å². The molecule has 0 aliphatic rings. The molecule has 0 bridgehead atoms. The number of benzene rings is 3. The van der Waals surface area contributed by atoms with Gasteiger partial charge >= 0.3 is 0 Å². The van der Waals surface area contributed by atoms with Crippen LogP contribution in [0.4, 0.5) is 11.4 Å². The van der Waals surface area contributed by atoms with Crippen LogP contribution in [0, 0.1) is 40.0 Å². The van der Waals surface area contributed by atoms with Gasteiger partial charge < -0.3 is 4.57 Å². The van der Waals surface area contributed by atoms with Gasteiger partial charge in [-0.25, -0.2) is 9.69 Å². The molecule has 0 atom stereocenters. The summed E-state index contributed by atoms with van der Waals surface area (Å²) in [6, 6.07) is 20.2. The summed E-state index contributed by atoms with van der Waals surface area (Å²) in [6.45, 7) is 20.9. The first-order valence-electron chi connectivity index (χ1n) is 9.44. The van der Waals surface area contributed by atoms with Gasteiger partial charge in [0.1, 0.15) is 0 Å². The van der Waals surface area contributed by atoms with Gasteiger partial charge in [-0.2, -0.15) is 5.10 Å². The topological polar surface area (TPSA) is 39.4 Å². The largest absolute Gasteiger partial charge is 0.317 e. The van der Waals surface area contributed by atoms with Crippen LogP contribution in [0.1, 0.15) is 16.7 Å². The SMILES string of the molecule is [C-]#[N+]c1ccc(C)c(-c2nnc(-c3[c-]cccc3)n2-c2c(C)ccc([N+]#[C-])c2C)c1.[Ir]. The molecule has 3 aromatic carbocycles. The second kappa shape index (κ2) is 9.06. The molecule has 0 saturated carbocycles. The molecule has 1 aromatic heterocycles. The fourth-order valence-corrected chi connectivity index (χ4v) is 3.59. The van der Waals surface area contributed by atoms with Crippen molar-refractivity contribution in [3.63, 3.8) is 0 Å². The summed E-state index contributed by atoms with van der Waals surface area (Å²) in [5, 5.41) is 9.03. The van der Waals surface area contributed by atoms with Crippen LogP contribution in [0.3, 0.4) is 0 Å². The zero-order valence-corrected chi connectivity index (χ0v) is 19.7. The van der Waals surface area contributed by atoms with Gasteiger partial charge in [-0.15, -0.1) is 41.0 Å². The van der Waals surface area contributed by atoms with E-state index in [-0.39, 0.29) is 20.1 Å². The third kappa shape index (κ3) is 3.92. The molecule has 153 valence electrons. The molecular formula is C25H18IrN5-. The van der Waals surface area contributed by atoms with Crippen molar-refractivity contribution in [1.82, 2.24) is 14.8 Å². The van der Waals surface area contributed by atoms with E-state index in [1.54, 1.807) is 6.07 Å². The minimum atomic E-state index is 0. The van der Waals surface area contributed by atoms with Crippen LogP contribution in [0.5, 0.6) is 0 Å². The van der Waals surface area contributed by atoms with Crippen LogP contribution in [0.2, 0.25) is 0 Å². The molecule has 0 aliphatic heterocycles. The monoisotopic (exact) mass is 581 g/mol. The van der Waals surface area contributed by atoms with E-state index in [1.807, 2.05) is 73.9 Å². The van der Waals surface area contributed by atoms with Crippen molar-refractivity contribution in [2.45, 2.75) is 20.8 Å². The summed E-state index contributed by atoms with van der Waals surface area (Å²) in [6.07, 6.45) is 0. The Kier molecular flexibility index (Phi) is 6.47. The first-order chi connectivity index (χ1) is 14.5. The van der Waals surface area contributed by atoms with Crippen molar-refractivity contribution in [2.24, 2.45) is 0 Å². The third-order valence-electron chi connectivity index (χ3n) is 5.15. The second-order valence-electron chi connectivity index (χ2n) is 7.06. The van der Waals surface area contributed by atoms with E-state index >= 15 is 0 Å². The fraction of sp³-hybridized carbons (Fsp3) is 0.120. The van der Waals surface area contributed by atoms with Gasteiger partial charge in [0, 0.05) is 31.4 Å². The Morgan fingerprint density at radius 3 is 2.29 bits per heavy atom. The molecule has 0 saturated heterocycles. The van der Waals surface area contributed by atoms with E-state index in [9.17, 15) is 0 Å². The second-order valence-corrected chi connectivity index (χ2v) is 7.06. The molecule has 0 unspecified atom stereocenters. The normalized spacial score (nSPS) is 10.1. The molecule has 31 heavy (non-hydrogen) atoms. The van der Waals surface area contributed by atoms with Crippen LogP contribution >= 0.6 is 0 Å². The molecule has 0 N–H and O–H groups in total. The fourth-order valence-electron chi connectivity index (χ4n) is 3.59. The smallest absolute Gasteiger partial charge is 0.192 e. The molecule has 4 aromatic rings. The van der Waals surface area contributed by atoms with Gasteiger partial charge in [0.2, 0.25) is 0 Å². The maximum Gasteiger partial charge on any atom is 0.192 e. The van der Waals surface area contributed by atoms with Gasteiger partial charge in [-0.3, -0.25) is 0 Å². The molecule has 0 aliphatic carbocycles. The maximum atomic E-state index is 7.54. The molecule has 6 heteroatoms. The zero-order valence-electron chi connectivity index (χ0n) is 17.3. The van der Waals surface area contributed by atoms with Crippen molar-refractivity contribution in [2.75, 3.05) is 0 Å². The minimum absolute atomic E-state index is 0. The molecule has 0 spiro atoms. The molecule has 1 heterocycles. The van der Waals surface area contributed by atoms with E-state index < -0.39 is 0 Å². The van der Waals surface area contributed by atoms with E-state index in [0.29, 0.717) is 23.0 Å². The van der Waals surface area contributed by atoms with Crippen molar-refractivity contribution < 1.29 is 20.1 Å². The summed E-state index contributed by atoms with van der Waals surface area (Å²) >= 11 is 0. The number of aromatic nitrogens is 3. The molecular weight excluding hydrogens is 563 g/mol. The summed E-state index contributed by atoms with van der Waals surface area (Å²) in [7, 11) is 0. The standard InChI is InChI=1S/C25H18N5.Ir/c1-16-11-13-20(26-4)15-21(16)25-29-28-24(19-9-7-6-8-10-19)30(25)23-17(2)12-14-22(27-5)18(23)3;/h6-9,11-15H,1-3H3;/q-1;. The number of hydrogen-bond donors (Lipinski definition) is 0. The predicted octanol–water partition coefficient (Wildman–Crippen LogP) is 6.43. The Bertz CT molecular complexity index is 1340. The molecule has 5 nitrogen and oxygen atoms in total. The first-order valence-corrected chi connectivity index (χ1v) is 9.44. The molecule has 0 fully saturated rings. The van der Waals surface area contributed by atoms with Crippen LogP contribution in [-0.2, 0) is 20.1 Å². The minimum Gasteiger partial charge on any atom is -0.317 e. The Balaban J connectivity index is 0.00000272. The van der Waals surface area contributed by atoms with Gasteiger partial charge in [0.25, 0.3) is 0 Å². The Hall–Kier alpha value is -3.57. The van der Waals surface area contributed by atoms with Crippen LogP contribution in [0.25, 0.3) is 38.2 Å². The number of nitrogens with zero attached hydrogens (tertiary/aromatic N) is 5. The van der Waals surface area contributed by atoms with Crippen molar-refractivity contribution >= 4 is 11.4 Å². The first kappa shape index (κ1) is 22.1. The zero-order chi connectivity index (χ0) is 21.3. The van der Waals surface area contributed by atoms with E-state index in [0.717, 1.165) is 33.5 Å². The van der Waals surface area contributed by atoms with E-state index in [4.69, 9.17) is 13.1 Å². The van der Waals surface area contributed by atoms with E-state index in [2.05, 4.69) is 26.0 Å². The van der Waals surface area contributed by atoms with Gasteiger partial charge in [-0.05, 0) is 43.5 Å². The Morgan fingerprint density at radius 2 is 1.61 bits per heavy atom. The predicted molar refractivity (Wildman–Crippen MR) is 118 cm³/mol. The third-order valence-corrected chi connectivity index (χ3v) is 5.15. The quantitative estimate of drug-likeness (QED) is 0.262. The van der Waals surface area contributed by atoms with Crippen molar-refractivity contribution in [3.05, 3.63) is 100 Å². The average Bonchev–Trinajstić information content (AvgIpc) is 3.19. The summed E-state index contributed by atoms with van der Waals surface area (Å²) in [5.41, 5.74) is 6.53. The van der Waals surface area contributed by atoms with Crippen molar-refractivity contribution in [3.8, 4) is 28.5 Å². The van der Waals surface area contributed by atoms with Gasteiger partial charge in [0.15, 0.2) is 17.2 Å². The summed E-state index contributed by atoms with van der Waals surface area (Å²) in [5.74, 6) is 1.28. The Morgan fingerprint density at radius 1 is 0.871 bits per heavy atom. The van der Waals surface area contributed by atoms with Gasteiger partial charge in [0.05, 0.1) is 19.0 Å². The maximum absolute atomic E-state index is 7.54. The molecule has 1 radical (unpaired) electrons. The number of aryl methyl sites for hydroxylation is 2. The number of hydrogen-bond acceptors (Lipinski definition) is 2. The van der Waals surface area contributed by atoms with E-state index in [1.165, 1.54) is 0 Å².